The maximum atomic E-state index is 13.1. The van der Waals surface area contributed by atoms with Crippen LogP contribution in [0.25, 0.3) is 0 Å². The molecule has 1 aromatic heterocycles. The van der Waals surface area contributed by atoms with Gasteiger partial charge in [-0.25, -0.2) is 4.79 Å². The fraction of sp³-hybridized carbons (Fsp3) is 0.190. The van der Waals surface area contributed by atoms with Gasteiger partial charge in [-0.15, -0.1) is 0 Å². The zero-order valence-electron chi connectivity index (χ0n) is 16.9. The summed E-state index contributed by atoms with van der Waals surface area (Å²) in [5, 5.41) is 6.37. The number of anilines is 3. The number of carbonyl (C=O) groups is 2. The number of nitrogens with zero attached hydrogens (tertiary/aromatic N) is 4. The Labute approximate surface area is 183 Å². The number of imide groups is 1. The first-order valence-electron chi connectivity index (χ1n) is 9.49. The van der Waals surface area contributed by atoms with E-state index < -0.39 is 17.5 Å². The third kappa shape index (κ3) is 3.99. The number of aryl methyl sites for hydroxylation is 1. The molecule has 3 amide bonds. The first kappa shape index (κ1) is 20.5. The lowest BCUT2D eigenvalue weighted by Gasteiger charge is -2.22. The Morgan fingerprint density at radius 3 is 2.52 bits per heavy atom. The van der Waals surface area contributed by atoms with Crippen LogP contribution in [0.15, 0.2) is 48.5 Å². The van der Waals surface area contributed by atoms with Crippen molar-refractivity contribution in [2.45, 2.75) is 25.9 Å². The Morgan fingerprint density at radius 2 is 1.81 bits per heavy atom. The van der Waals surface area contributed by atoms with E-state index in [0.29, 0.717) is 10.6 Å². The maximum Gasteiger partial charge on any atom is 0.325 e. The number of halogens is 1. The van der Waals surface area contributed by atoms with Gasteiger partial charge in [0.2, 0.25) is 11.9 Å². The molecule has 1 fully saturated rings. The molecule has 9 nitrogen and oxygen atoms in total. The standard InChI is InChI=1S/C21H20ClN7O2/c1-12-5-3-4-6-15(12)24-19-26-16(25-18(23)27-19)11-29-17(30)21(2,28-20(29)31)13-7-9-14(22)10-8-13/h3-10H,11H2,1-2H3,(H,28,31)(H3,23,24,25,26,27). The van der Waals surface area contributed by atoms with Crippen molar-refractivity contribution >= 4 is 41.1 Å². The zero-order valence-corrected chi connectivity index (χ0v) is 17.6. The molecule has 0 spiro atoms. The van der Waals surface area contributed by atoms with Gasteiger partial charge in [0.25, 0.3) is 5.91 Å². The number of amides is 3. The van der Waals surface area contributed by atoms with Gasteiger partial charge in [0.15, 0.2) is 5.82 Å². The zero-order chi connectivity index (χ0) is 22.2. The molecule has 1 unspecified atom stereocenters. The SMILES string of the molecule is Cc1ccccc1Nc1nc(N)nc(CN2C(=O)NC(C)(c3ccc(Cl)cc3)C2=O)n1. The second-order valence-corrected chi connectivity index (χ2v) is 7.76. The number of benzene rings is 2. The molecule has 1 aliphatic heterocycles. The third-order valence-corrected chi connectivity index (χ3v) is 5.34. The highest BCUT2D eigenvalue weighted by Crippen LogP contribution is 2.30. The molecule has 10 heteroatoms. The van der Waals surface area contributed by atoms with E-state index in [4.69, 9.17) is 17.3 Å². The summed E-state index contributed by atoms with van der Waals surface area (Å²) >= 11 is 5.94. The van der Waals surface area contributed by atoms with Crippen LogP contribution in [-0.2, 0) is 16.9 Å². The van der Waals surface area contributed by atoms with E-state index in [1.807, 2.05) is 31.2 Å². The van der Waals surface area contributed by atoms with Crippen LogP contribution in [0.3, 0.4) is 0 Å². The Bertz CT molecular complexity index is 1170. The fourth-order valence-electron chi connectivity index (χ4n) is 3.36. The summed E-state index contributed by atoms with van der Waals surface area (Å²) in [5.41, 5.74) is 7.04. The molecule has 4 rings (SSSR count). The van der Waals surface area contributed by atoms with E-state index >= 15 is 0 Å². The molecule has 1 saturated heterocycles. The van der Waals surface area contributed by atoms with Crippen molar-refractivity contribution in [2.24, 2.45) is 0 Å². The summed E-state index contributed by atoms with van der Waals surface area (Å²) in [6.07, 6.45) is 0. The number of nitrogen functional groups attached to an aromatic ring is 1. The highest BCUT2D eigenvalue weighted by Gasteiger charge is 2.49. The van der Waals surface area contributed by atoms with Gasteiger partial charge in [-0.05, 0) is 43.2 Å². The van der Waals surface area contributed by atoms with Crippen molar-refractivity contribution in [1.29, 1.82) is 0 Å². The van der Waals surface area contributed by atoms with Gasteiger partial charge in [0.05, 0.1) is 6.54 Å². The predicted octanol–water partition coefficient (Wildman–Crippen LogP) is 3.13. The molecule has 0 saturated carbocycles. The molecule has 31 heavy (non-hydrogen) atoms. The van der Waals surface area contributed by atoms with E-state index in [-0.39, 0.29) is 24.3 Å². The molecule has 2 heterocycles. The molecule has 0 aliphatic carbocycles. The van der Waals surface area contributed by atoms with Crippen LogP contribution in [0.5, 0.6) is 0 Å². The Balaban J connectivity index is 1.58. The molecule has 1 atom stereocenters. The number of rotatable bonds is 5. The summed E-state index contributed by atoms with van der Waals surface area (Å²) < 4.78 is 0. The number of aromatic nitrogens is 3. The molecule has 4 N–H and O–H groups in total. The summed E-state index contributed by atoms with van der Waals surface area (Å²) in [6.45, 7) is 3.44. The number of para-hydroxylation sites is 1. The van der Waals surface area contributed by atoms with Crippen LogP contribution < -0.4 is 16.4 Å². The van der Waals surface area contributed by atoms with E-state index in [9.17, 15) is 9.59 Å². The molecule has 3 aromatic rings. The van der Waals surface area contributed by atoms with E-state index in [1.165, 1.54) is 0 Å². The van der Waals surface area contributed by atoms with Crippen LogP contribution in [-0.4, -0.2) is 31.8 Å². The summed E-state index contributed by atoms with van der Waals surface area (Å²) in [4.78, 5) is 39.3. The van der Waals surface area contributed by atoms with Crippen LogP contribution in [0.4, 0.5) is 22.4 Å². The first-order chi connectivity index (χ1) is 14.8. The lowest BCUT2D eigenvalue weighted by molar-refractivity contribution is -0.131. The minimum Gasteiger partial charge on any atom is -0.368 e. The highest BCUT2D eigenvalue weighted by molar-refractivity contribution is 6.30. The number of nitrogens with one attached hydrogen (secondary N) is 2. The second-order valence-electron chi connectivity index (χ2n) is 7.33. The molecule has 158 valence electrons. The van der Waals surface area contributed by atoms with Crippen LogP contribution in [0, 0.1) is 6.92 Å². The molecular weight excluding hydrogens is 418 g/mol. The van der Waals surface area contributed by atoms with Gasteiger partial charge in [0.1, 0.15) is 5.54 Å². The molecular formula is C21H20ClN7O2. The number of urea groups is 1. The first-order valence-corrected chi connectivity index (χ1v) is 9.87. The van der Waals surface area contributed by atoms with Crippen molar-refractivity contribution < 1.29 is 9.59 Å². The number of nitrogens with two attached hydrogens (primary N) is 1. The number of carbonyl (C=O) groups excluding carboxylic acids is 2. The molecule has 0 radical (unpaired) electrons. The number of hydrogen-bond acceptors (Lipinski definition) is 7. The van der Waals surface area contributed by atoms with Gasteiger partial charge in [-0.3, -0.25) is 9.69 Å². The van der Waals surface area contributed by atoms with Gasteiger partial charge in [-0.2, -0.15) is 15.0 Å². The maximum absolute atomic E-state index is 13.1. The third-order valence-electron chi connectivity index (χ3n) is 5.09. The van der Waals surface area contributed by atoms with Crippen molar-refractivity contribution in [3.63, 3.8) is 0 Å². The van der Waals surface area contributed by atoms with Gasteiger partial charge < -0.3 is 16.4 Å². The topological polar surface area (TPSA) is 126 Å². The average Bonchev–Trinajstić information content (AvgIpc) is 2.94. The minimum atomic E-state index is -1.22. The van der Waals surface area contributed by atoms with Crippen LogP contribution in [0.1, 0.15) is 23.9 Å². The lowest BCUT2D eigenvalue weighted by Crippen LogP contribution is -2.40. The van der Waals surface area contributed by atoms with Crippen molar-refractivity contribution in [3.05, 3.63) is 70.5 Å². The average molecular weight is 438 g/mol. The fourth-order valence-corrected chi connectivity index (χ4v) is 3.49. The largest absolute Gasteiger partial charge is 0.368 e. The van der Waals surface area contributed by atoms with Gasteiger partial charge >= 0.3 is 6.03 Å². The minimum absolute atomic E-state index is 0.0198. The predicted molar refractivity (Wildman–Crippen MR) is 117 cm³/mol. The summed E-state index contributed by atoms with van der Waals surface area (Å²) in [5.74, 6) is -0.0300. The van der Waals surface area contributed by atoms with Gasteiger partial charge in [0, 0.05) is 10.7 Å². The quantitative estimate of drug-likeness (QED) is 0.523. The Morgan fingerprint density at radius 1 is 1.10 bits per heavy atom. The van der Waals surface area contributed by atoms with Crippen molar-refractivity contribution in [2.75, 3.05) is 11.1 Å². The monoisotopic (exact) mass is 437 g/mol. The highest BCUT2D eigenvalue weighted by atomic mass is 35.5. The normalized spacial score (nSPS) is 18.2. The van der Waals surface area contributed by atoms with Crippen molar-refractivity contribution in [3.8, 4) is 0 Å². The van der Waals surface area contributed by atoms with Crippen LogP contribution in [0.2, 0.25) is 5.02 Å². The van der Waals surface area contributed by atoms with Crippen molar-refractivity contribution in [1.82, 2.24) is 25.2 Å². The smallest absolute Gasteiger partial charge is 0.325 e. The molecule has 2 aromatic carbocycles. The van der Waals surface area contributed by atoms with E-state index in [1.54, 1.807) is 31.2 Å². The van der Waals surface area contributed by atoms with Gasteiger partial charge in [-0.1, -0.05) is 41.9 Å². The summed E-state index contributed by atoms with van der Waals surface area (Å²) in [6, 6.07) is 13.8. The number of hydrogen-bond donors (Lipinski definition) is 3. The summed E-state index contributed by atoms with van der Waals surface area (Å²) in [7, 11) is 0. The lowest BCUT2D eigenvalue weighted by atomic mass is 9.92. The molecule has 0 bridgehead atoms. The van der Waals surface area contributed by atoms with Crippen LogP contribution >= 0.6 is 11.6 Å². The van der Waals surface area contributed by atoms with E-state index in [2.05, 4.69) is 25.6 Å². The molecule has 1 aliphatic rings. The van der Waals surface area contributed by atoms with E-state index in [0.717, 1.165) is 16.2 Å². The Hall–Kier alpha value is -3.72. The Kier molecular flexibility index (Phi) is 5.20. The second kappa shape index (κ2) is 7.84.